The molecule has 3 aliphatic carbocycles. The van der Waals surface area contributed by atoms with Crippen molar-refractivity contribution in [1.82, 2.24) is 0 Å². The number of aryl methyl sites for hydroxylation is 1. The normalized spacial score (nSPS) is 27.7. The smallest absolute Gasteiger partial charge is 0.119 e. The Morgan fingerprint density at radius 3 is 2.52 bits per heavy atom. The molecule has 0 heterocycles. The van der Waals surface area contributed by atoms with Crippen LogP contribution >= 0.6 is 0 Å². The Morgan fingerprint density at radius 2 is 1.80 bits per heavy atom. The molecule has 3 aliphatic rings. The minimum atomic E-state index is -0.500. The van der Waals surface area contributed by atoms with Crippen LogP contribution in [0, 0.1) is 17.8 Å². The molecule has 0 amide bonds. The fourth-order valence-corrected chi connectivity index (χ4v) is 4.89. The predicted octanol–water partition coefficient (Wildman–Crippen LogP) is 5.63. The van der Waals surface area contributed by atoms with Gasteiger partial charge < -0.3 is 9.84 Å². The van der Waals surface area contributed by atoms with Crippen molar-refractivity contribution in [2.75, 3.05) is 7.11 Å². The molecule has 4 rings (SSSR count). The standard InChI is InChI=1S/C19H24O.C4H10O/c1-20-15-8-11-17-14(12-15)7-10-18-16-5-3-2-4-13(16)6-9-19(17)18;1-4(2,3)5/h8-9,11-13,16,18H,2-7,10H2,1H3;5H,1-3H3. The van der Waals surface area contributed by atoms with E-state index in [0.29, 0.717) is 0 Å². The first-order valence-electron chi connectivity index (χ1n) is 9.96. The van der Waals surface area contributed by atoms with E-state index in [-0.39, 0.29) is 0 Å². The number of fused-ring (bicyclic) bond motifs is 5. The number of benzene rings is 1. The molecule has 25 heavy (non-hydrogen) atoms. The van der Waals surface area contributed by atoms with Crippen molar-refractivity contribution in [1.29, 1.82) is 0 Å². The molecule has 138 valence electrons. The van der Waals surface area contributed by atoms with Gasteiger partial charge in [0.25, 0.3) is 0 Å². The van der Waals surface area contributed by atoms with Gasteiger partial charge in [-0.05, 0) is 99.5 Å². The lowest BCUT2D eigenvalue weighted by atomic mass is 9.61. The van der Waals surface area contributed by atoms with E-state index < -0.39 is 5.60 Å². The molecule has 0 aliphatic heterocycles. The molecule has 0 bridgehead atoms. The molecule has 1 aromatic rings. The molecule has 0 radical (unpaired) electrons. The van der Waals surface area contributed by atoms with E-state index in [1.807, 2.05) is 0 Å². The predicted molar refractivity (Wildman–Crippen MR) is 105 cm³/mol. The molecule has 3 unspecified atom stereocenters. The molecule has 0 aromatic heterocycles. The molecule has 1 saturated carbocycles. The van der Waals surface area contributed by atoms with Crippen LogP contribution in [-0.4, -0.2) is 17.8 Å². The minimum absolute atomic E-state index is 0.500. The van der Waals surface area contributed by atoms with Gasteiger partial charge in [-0.15, -0.1) is 0 Å². The second-order valence-corrected chi connectivity index (χ2v) is 8.94. The number of ether oxygens (including phenoxy) is 1. The lowest BCUT2D eigenvalue weighted by molar-refractivity contribution is 0.102. The third-order valence-electron chi connectivity index (χ3n) is 5.87. The Hall–Kier alpha value is -1.28. The quantitative estimate of drug-likeness (QED) is 0.717. The highest BCUT2D eigenvalue weighted by Gasteiger charge is 2.38. The second kappa shape index (κ2) is 7.53. The van der Waals surface area contributed by atoms with Crippen LogP contribution in [0.2, 0.25) is 0 Å². The summed E-state index contributed by atoms with van der Waals surface area (Å²) in [4.78, 5) is 0. The van der Waals surface area contributed by atoms with Gasteiger partial charge in [-0.25, -0.2) is 0 Å². The van der Waals surface area contributed by atoms with E-state index in [2.05, 4.69) is 24.3 Å². The van der Waals surface area contributed by atoms with Crippen LogP contribution in [-0.2, 0) is 6.42 Å². The van der Waals surface area contributed by atoms with Crippen LogP contribution in [0.4, 0.5) is 0 Å². The summed E-state index contributed by atoms with van der Waals surface area (Å²) in [6.07, 6.45) is 12.3. The number of aliphatic hydroxyl groups is 1. The fourth-order valence-electron chi connectivity index (χ4n) is 4.89. The average Bonchev–Trinajstić information content (AvgIpc) is 2.59. The summed E-state index contributed by atoms with van der Waals surface area (Å²) in [5.74, 6) is 3.81. The Bertz CT molecular complexity index is 617. The van der Waals surface area contributed by atoms with E-state index in [1.165, 1.54) is 56.1 Å². The van der Waals surface area contributed by atoms with Crippen LogP contribution < -0.4 is 4.74 Å². The van der Waals surface area contributed by atoms with Crippen molar-refractivity contribution in [3.05, 3.63) is 35.4 Å². The van der Waals surface area contributed by atoms with Gasteiger partial charge in [-0.1, -0.05) is 25.0 Å². The summed E-state index contributed by atoms with van der Waals surface area (Å²) >= 11 is 0. The van der Waals surface area contributed by atoms with Gasteiger partial charge in [0, 0.05) is 0 Å². The largest absolute Gasteiger partial charge is 0.497 e. The van der Waals surface area contributed by atoms with Gasteiger partial charge in [-0.3, -0.25) is 0 Å². The zero-order chi connectivity index (χ0) is 18.0. The summed E-state index contributed by atoms with van der Waals surface area (Å²) in [6, 6.07) is 6.68. The van der Waals surface area contributed by atoms with Crippen LogP contribution in [0.3, 0.4) is 0 Å². The van der Waals surface area contributed by atoms with E-state index in [0.717, 1.165) is 23.5 Å². The van der Waals surface area contributed by atoms with Crippen molar-refractivity contribution in [2.24, 2.45) is 17.8 Å². The van der Waals surface area contributed by atoms with Crippen molar-refractivity contribution in [3.8, 4) is 5.75 Å². The highest BCUT2D eigenvalue weighted by atomic mass is 16.5. The van der Waals surface area contributed by atoms with Gasteiger partial charge in [0.2, 0.25) is 0 Å². The third-order valence-corrected chi connectivity index (χ3v) is 5.87. The van der Waals surface area contributed by atoms with Gasteiger partial charge in [0.1, 0.15) is 5.75 Å². The first kappa shape index (κ1) is 18.5. The fraction of sp³-hybridized carbons (Fsp3) is 0.652. The zero-order valence-electron chi connectivity index (χ0n) is 16.3. The maximum absolute atomic E-state index is 8.52. The molecule has 1 N–H and O–H groups in total. The SMILES string of the molecule is CC(C)(C)O.COc1ccc2c(c1)CCC1C2=CCC2CCCCC21. The van der Waals surface area contributed by atoms with Gasteiger partial charge in [-0.2, -0.15) is 0 Å². The molecular weight excluding hydrogens is 308 g/mol. The summed E-state index contributed by atoms with van der Waals surface area (Å²) in [7, 11) is 1.76. The molecule has 2 heteroatoms. The summed E-state index contributed by atoms with van der Waals surface area (Å²) in [6.45, 7) is 5.23. The van der Waals surface area contributed by atoms with Gasteiger partial charge in [0.05, 0.1) is 12.7 Å². The highest BCUT2D eigenvalue weighted by Crippen LogP contribution is 2.51. The van der Waals surface area contributed by atoms with Crippen molar-refractivity contribution >= 4 is 5.57 Å². The van der Waals surface area contributed by atoms with Gasteiger partial charge >= 0.3 is 0 Å². The Labute approximate surface area is 153 Å². The highest BCUT2D eigenvalue weighted by molar-refractivity contribution is 5.73. The molecule has 1 fully saturated rings. The molecular formula is C23H34O2. The number of hydrogen-bond donors (Lipinski definition) is 1. The lowest BCUT2D eigenvalue weighted by Gasteiger charge is -2.44. The first-order chi connectivity index (χ1) is 11.9. The molecule has 0 saturated heterocycles. The Balaban J connectivity index is 0.000000324. The van der Waals surface area contributed by atoms with E-state index in [4.69, 9.17) is 9.84 Å². The van der Waals surface area contributed by atoms with Crippen LogP contribution in [0.25, 0.3) is 5.57 Å². The van der Waals surface area contributed by atoms with E-state index >= 15 is 0 Å². The lowest BCUT2D eigenvalue weighted by Crippen LogP contribution is -2.33. The van der Waals surface area contributed by atoms with Crippen molar-refractivity contribution < 1.29 is 9.84 Å². The second-order valence-electron chi connectivity index (χ2n) is 8.94. The van der Waals surface area contributed by atoms with Gasteiger partial charge in [0.15, 0.2) is 0 Å². The average molecular weight is 343 g/mol. The van der Waals surface area contributed by atoms with E-state index in [1.54, 1.807) is 33.5 Å². The minimum Gasteiger partial charge on any atom is -0.497 e. The summed E-state index contributed by atoms with van der Waals surface area (Å²) in [5.41, 5.74) is 4.18. The third kappa shape index (κ3) is 4.47. The number of rotatable bonds is 1. The molecule has 3 atom stereocenters. The van der Waals surface area contributed by atoms with Crippen LogP contribution in [0.5, 0.6) is 5.75 Å². The Morgan fingerprint density at radius 1 is 1.08 bits per heavy atom. The zero-order valence-corrected chi connectivity index (χ0v) is 16.3. The van der Waals surface area contributed by atoms with Crippen molar-refractivity contribution in [2.45, 2.75) is 71.3 Å². The number of hydrogen-bond acceptors (Lipinski definition) is 2. The van der Waals surface area contributed by atoms with Crippen LogP contribution in [0.1, 0.15) is 70.4 Å². The maximum atomic E-state index is 8.52. The summed E-state index contributed by atoms with van der Waals surface area (Å²) < 4.78 is 5.38. The molecule has 0 spiro atoms. The monoisotopic (exact) mass is 342 g/mol. The number of methoxy groups -OCH3 is 1. The van der Waals surface area contributed by atoms with Crippen LogP contribution in [0.15, 0.2) is 24.3 Å². The molecule has 1 aromatic carbocycles. The van der Waals surface area contributed by atoms with Crippen molar-refractivity contribution in [3.63, 3.8) is 0 Å². The van der Waals surface area contributed by atoms with E-state index in [9.17, 15) is 0 Å². The number of allylic oxidation sites excluding steroid dienone is 2. The maximum Gasteiger partial charge on any atom is 0.119 e. The summed E-state index contributed by atoms with van der Waals surface area (Å²) in [5, 5.41) is 8.52. The molecule has 2 nitrogen and oxygen atoms in total. The Kier molecular flexibility index (Phi) is 5.58. The first-order valence-corrected chi connectivity index (χ1v) is 9.96. The topological polar surface area (TPSA) is 29.5 Å².